The Labute approximate surface area is 102 Å². The zero-order chi connectivity index (χ0) is 13.5. The maximum Gasteiger partial charge on any atom is 0.330 e. The zero-order valence-corrected chi connectivity index (χ0v) is 9.57. The maximum absolute atomic E-state index is 13.1. The van der Waals surface area contributed by atoms with Gasteiger partial charge in [0.15, 0.2) is 6.61 Å². The normalized spacial score (nSPS) is 10.4. The van der Waals surface area contributed by atoms with Gasteiger partial charge in [-0.15, -0.1) is 0 Å². The molecule has 1 aromatic rings. The molecule has 0 aliphatic rings. The summed E-state index contributed by atoms with van der Waals surface area (Å²) < 4.78 is 30.5. The van der Waals surface area contributed by atoms with E-state index in [9.17, 15) is 18.4 Å². The number of carbonyl (C=O) groups excluding carboxylic acids is 2. The predicted octanol–water partition coefficient (Wildman–Crippen LogP) is 2.02. The third-order valence-corrected chi connectivity index (χ3v) is 1.85. The van der Waals surface area contributed by atoms with Crippen molar-refractivity contribution in [2.45, 2.75) is 6.92 Å². The van der Waals surface area contributed by atoms with Crippen molar-refractivity contribution in [3.8, 4) is 0 Å². The number of hydrogen-bond donors (Lipinski definition) is 1. The van der Waals surface area contributed by atoms with Crippen molar-refractivity contribution in [1.82, 2.24) is 0 Å². The van der Waals surface area contributed by atoms with Gasteiger partial charge in [0.05, 0.1) is 5.69 Å². The zero-order valence-electron chi connectivity index (χ0n) is 9.57. The van der Waals surface area contributed by atoms with E-state index in [4.69, 9.17) is 0 Å². The van der Waals surface area contributed by atoms with Crippen LogP contribution in [0, 0.1) is 11.6 Å². The van der Waals surface area contributed by atoms with Crippen LogP contribution < -0.4 is 5.32 Å². The van der Waals surface area contributed by atoms with E-state index in [1.807, 2.05) is 0 Å². The fourth-order valence-electron chi connectivity index (χ4n) is 1.10. The van der Waals surface area contributed by atoms with Crippen LogP contribution in [0.4, 0.5) is 14.5 Å². The molecule has 96 valence electrons. The molecule has 0 unspecified atom stereocenters. The van der Waals surface area contributed by atoms with Crippen molar-refractivity contribution < 1.29 is 23.1 Å². The lowest BCUT2D eigenvalue weighted by Crippen LogP contribution is -2.20. The standard InChI is InChI=1S/C12H11F2NO3/c1-2-3-12(17)18-7-11(16)15-10-6-8(13)4-5-9(10)14/h2-6H,7H2,1H3,(H,15,16)/b3-2+. The second kappa shape index (κ2) is 6.48. The molecule has 1 aromatic carbocycles. The lowest BCUT2D eigenvalue weighted by Gasteiger charge is -2.06. The van der Waals surface area contributed by atoms with Crippen LogP contribution in [-0.4, -0.2) is 18.5 Å². The number of ether oxygens (including phenoxy) is 1. The number of nitrogens with one attached hydrogen (secondary N) is 1. The first-order chi connectivity index (χ1) is 8.52. The molecular formula is C12H11F2NO3. The van der Waals surface area contributed by atoms with E-state index in [1.165, 1.54) is 6.08 Å². The number of esters is 1. The molecule has 18 heavy (non-hydrogen) atoms. The fraction of sp³-hybridized carbons (Fsp3) is 0.167. The Morgan fingerprint density at radius 2 is 2.11 bits per heavy atom. The maximum atomic E-state index is 13.1. The summed E-state index contributed by atoms with van der Waals surface area (Å²) in [5, 5.41) is 2.09. The van der Waals surface area contributed by atoms with Crippen LogP contribution in [0.3, 0.4) is 0 Å². The first kappa shape index (κ1) is 13.8. The highest BCUT2D eigenvalue weighted by atomic mass is 19.1. The number of halogens is 2. The molecule has 0 saturated heterocycles. The lowest BCUT2D eigenvalue weighted by atomic mass is 10.3. The van der Waals surface area contributed by atoms with Gasteiger partial charge < -0.3 is 10.1 Å². The van der Waals surface area contributed by atoms with Crippen LogP contribution >= 0.6 is 0 Å². The molecular weight excluding hydrogens is 244 g/mol. The number of rotatable bonds is 4. The number of carbonyl (C=O) groups is 2. The van der Waals surface area contributed by atoms with E-state index in [0.717, 1.165) is 24.3 Å². The topological polar surface area (TPSA) is 55.4 Å². The summed E-state index contributed by atoms with van der Waals surface area (Å²) in [4.78, 5) is 22.2. The van der Waals surface area contributed by atoms with E-state index < -0.39 is 30.1 Å². The van der Waals surface area contributed by atoms with E-state index >= 15 is 0 Å². The van der Waals surface area contributed by atoms with Crippen LogP contribution in [0.25, 0.3) is 0 Å². The highest BCUT2D eigenvalue weighted by Gasteiger charge is 2.09. The van der Waals surface area contributed by atoms with Gasteiger partial charge in [-0.1, -0.05) is 6.08 Å². The molecule has 1 N–H and O–H groups in total. The van der Waals surface area contributed by atoms with Crippen LogP contribution in [-0.2, 0) is 14.3 Å². The monoisotopic (exact) mass is 255 g/mol. The molecule has 4 nitrogen and oxygen atoms in total. The quantitative estimate of drug-likeness (QED) is 0.661. The minimum absolute atomic E-state index is 0.304. The molecule has 0 atom stereocenters. The van der Waals surface area contributed by atoms with Crippen molar-refractivity contribution in [3.05, 3.63) is 42.0 Å². The summed E-state index contributed by atoms with van der Waals surface area (Å²) >= 11 is 0. The number of anilines is 1. The van der Waals surface area contributed by atoms with Crippen molar-refractivity contribution in [2.75, 3.05) is 11.9 Å². The first-order valence-corrected chi connectivity index (χ1v) is 5.07. The lowest BCUT2D eigenvalue weighted by molar-refractivity contribution is -0.142. The molecule has 0 radical (unpaired) electrons. The predicted molar refractivity (Wildman–Crippen MR) is 60.8 cm³/mol. The Balaban J connectivity index is 2.54. The van der Waals surface area contributed by atoms with Crippen molar-refractivity contribution in [1.29, 1.82) is 0 Å². The molecule has 1 amide bonds. The van der Waals surface area contributed by atoms with Crippen molar-refractivity contribution in [3.63, 3.8) is 0 Å². The minimum Gasteiger partial charge on any atom is -0.452 e. The van der Waals surface area contributed by atoms with Gasteiger partial charge in [0, 0.05) is 12.1 Å². The molecule has 0 heterocycles. The first-order valence-electron chi connectivity index (χ1n) is 5.07. The summed E-state index contributed by atoms with van der Waals surface area (Å²) in [6.45, 7) is 1.04. The van der Waals surface area contributed by atoms with Gasteiger partial charge in [0.1, 0.15) is 11.6 Å². The average Bonchev–Trinajstić information content (AvgIpc) is 2.32. The third-order valence-electron chi connectivity index (χ3n) is 1.85. The second-order valence-corrected chi connectivity index (χ2v) is 3.28. The summed E-state index contributed by atoms with van der Waals surface area (Å²) in [5.41, 5.74) is -0.304. The fourth-order valence-corrected chi connectivity index (χ4v) is 1.10. The largest absolute Gasteiger partial charge is 0.452 e. The Morgan fingerprint density at radius 1 is 1.39 bits per heavy atom. The summed E-state index contributed by atoms with van der Waals surface area (Å²) in [5.74, 6) is -2.90. The van der Waals surface area contributed by atoms with Gasteiger partial charge >= 0.3 is 5.97 Å². The molecule has 1 rings (SSSR count). The smallest absolute Gasteiger partial charge is 0.330 e. The molecule has 0 fully saturated rings. The van der Waals surface area contributed by atoms with E-state index in [-0.39, 0.29) is 5.69 Å². The highest BCUT2D eigenvalue weighted by Crippen LogP contribution is 2.14. The van der Waals surface area contributed by atoms with Crippen LogP contribution in [0.2, 0.25) is 0 Å². The van der Waals surface area contributed by atoms with Gasteiger partial charge in [-0.3, -0.25) is 4.79 Å². The summed E-state index contributed by atoms with van der Waals surface area (Å²) in [6, 6.07) is 2.65. The Kier molecular flexibility index (Phi) is 4.98. The Hall–Kier alpha value is -2.24. The van der Waals surface area contributed by atoms with E-state index in [1.54, 1.807) is 6.92 Å². The van der Waals surface area contributed by atoms with Crippen LogP contribution in [0.15, 0.2) is 30.4 Å². The molecule has 0 bridgehead atoms. The minimum atomic E-state index is -0.774. The average molecular weight is 255 g/mol. The second-order valence-electron chi connectivity index (χ2n) is 3.28. The van der Waals surface area contributed by atoms with Gasteiger partial charge in [-0.2, -0.15) is 0 Å². The van der Waals surface area contributed by atoms with Crippen molar-refractivity contribution >= 4 is 17.6 Å². The summed E-state index contributed by atoms with van der Waals surface area (Å²) in [7, 11) is 0. The van der Waals surface area contributed by atoms with Crippen molar-refractivity contribution in [2.24, 2.45) is 0 Å². The Morgan fingerprint density at radius 3 is 2.78 bits per heavy atom. The number of benzene rings is 1. The molecule has 0 aliphatic carbocycles. The summed E-state index contributed by atoms with van der Waals surface area (Å²) in [6.07, 6.45) is 2.59. The molecule has 0 saturated carbocycles. The molecule has 0 spiro atoms. The van der Waals surface area contributed by atoms with Crippen LogP contribution in [0.1, 0.15) is 6.92 Å². The van der Waals surface area contributed by atoms with Crippen LogP contribution in [0.5, 0.6) is 0 Å². The number of hydrogen-bond acceptors (Lipinski definition) is 3. The van der Waals surface area contributed by atoms with E-state index in [0.29, 0.717) is 0 Å². The molecule has 0 aliphatic heterocycles. The van der Waals surface area contributed by atoms with Gasteiger partial charge in [0.25, 0.3) is 5.91 Å². The van der Waals surface area contributed by atoms with Gasteiger partial charge in [0.2, 0.25) is 0 Å². The number of amides is 1. The van der Waals surface area contributed by atoms with E-state index in [2.05, 4.69) is 10.1 Å². The molecule has 0 aromatic heterocycles. The third kappa shape index (κ3) is 4.32. The molecule has 6 heteroatoms. The van der Waals surface area contributed by atoms with Gasteiger partial charge in [-0.25, -0.2) is 13.6 Å². The SMILES string of the molecule is C/C=C/C(=O)OCC(=O)Nc1cc(F)ccc1F. The highest BCUT2D eigenvalue weighted by molar-refractivity contribution is 5.93. The number of allylic oxidation sites excluding steroid dienone is 1. The Bertz CT molecular complexity index is 486. The van der Waals surface area contributed by atoms with Gasteiger partial charge in [-0.05, 0) is 19.1 Å².